The van der Waals surface area contributed by atoms with E-state index in [1.807, 2.05) is 6.07 Å². The first kappa shape index (κ1) is 14.4. The van der Waals surface area contributed by atoms with Gasteiger partial charge in [0.2, 0.25) is 5.91 Å². The summed E-state index contributed by atoms with van der Waals surface area (Å²) in [7, 11) is 0. The zero-order valence-electron chi connectivity index (χ0n) is 11.3. The number of carboxylic acid groups (broad SMARTS) is 1. The van der Waals surface area contributed by atoms with Crippen molar-refractivity contribution in [1.29, 1.82) is 0 Å². The van der Waals surface area contributed by atoms with Gasteiger partial charge < -0.3 is 15.2 Å². The molecule has 20 heavy (non-hydrogen) atoms. The Morgan fingerprint density at radius 1 is 1.30 bits per heavy atom. The maximum atomic E-state index is 11.9. The Morgan fingerprint density at radius 3 is 2.75 bits per heavy atom. The quantitative estimate of drug-likeness (QED) is 0.833. The fourth-order valence-corrected chi connectivity index (χ4v) is 2.41. The first-order valence-corrected chi connectivity index (χ1v) is 6.86. The third kappa shape index (κ3) is 4.26. The molecule has 2 rings (SSSR count). The van der Waals surface area contributed by atoms with Gasteiger partial charge in [0.25, 0.3) is 0 Å². The average molecular weight is 277 g/mol. The summed E-state index contributed by atoms with van der Waals surface area (Å²) >= 11 is 0. The van der Waals surface area contributed by atoms with Crippen LogP contribution in [0.15, 0.2) is 24.3 Å². The first-order chi connectivity index (χ1) is 9.65. The summed E-state index contributed by atoms with van der Waals surface area (Å²) in [6.45, 7) is 0.0808. The Labute approximate surface area is 117 Å². The van der Waals surface area contributed by atoms with Crippen LogP contribution in [-0.4, -0.2) is 23.6 Å². The molecule has 1 aromatic rings. The van der Waals surface area contributed by atoms with Crippen molar-refractivity contribution in [2.45, 2.75) is 32.2 Å². The van der Waals surface area contributed by atoms with Crippen LogP contribution in [0.2, 0.25) is 0 Å². The molecule has 1 aliphatic rings. The summed E-state index contributed by atoms with van der Waals surface area (Å²) in [6.07, 6.45) is 4.23. The molecule has 0 saturated heterocycles. The van der Waals surface area contributed by atoms with Gasteiger partial charge in [0, 0.05) is 12.5 Å². The minimum Gasteiger partial charge on any atom is -0.482 e. The minimum atomic E-state index is -1.01. The van der Waals surface area contributed by atoms with Gasteiger partial charge in [0.1, 0.15) is 5.75 Å². The molecule has 2 N–H and O–H groups in total. The van der Waals surface area contributed by atoms with Gasteiger partial charge in [0.15, 0.2) is 6.61 Å². The Hall–Kier alpha value is -2.04. The van der Waals surface area contributed by atoms with Crippen molar-refractivity contribution < 1.29 is 19.4 Å². The predicted octanol–water partition coefficient (Wildman–Crippen LogP) is 1.96. The van der Waals surface area contributed by atoms with Crippen molar-refractivity contribution in [2.24, 2.45) is 5.92 Å². The van der Waals surface area contributed by atoms with Crippen molar-refractivity contribution in [2.75, 3.05) is 6.61 Å². The smallest absolute Gasteiger partial charge is 0.341 e. The van der Waals surface area contributed by atoms with Crippen LogP contribution >= 0.6 is 0 Å². The molecule has 0 bridgehead atoms. The molecule has 1 amide bonds. The summed E-state index contributed by atoms with van der Waals surface area (Å²) in [5.74, 6) is -0.245. The van der Waals surface area contributed by atoms with Gasteiger partial charge in [-0.05, 0) is 30.5 Å². The van der Waals surface area contributed by atoms with E-state index in [4.69, 9.17) is 9.84 Å². The lowest BCUT2D eigenvalue weighted by molar-refractivity contribution is -0.139. The summed E-state index contributed by atoms with van der Waals surface area (Å²) in [5, 5.41) is 11.5. The third-order valence-electron chi connectivity index (χ3n) is 3.45. The zero-order valence-corrected chi connectivity index (χ0v) is 11.3. The van der Waals surface area contributed by atoms with Gasteiger partial charge >= 0.3 is 5.97 Å². The second kappa shape index (κ2) is 6.93. The molecule has 0 radical (unpaired) electrons. The number of aliphatic carboxylic acids is 1. The molecule has 0 unspecified atom stereocenters. The van der Waals surface area contributed by atoms with Gasteiger partial charge in [-0.25, -0.2) is 4.79 Å². The maximum Gasteiger partial charge on any atom is 0.341 e. The topological polar surface area (TPSA) is 75.6 Å². The molecule has 0 spiro atoms. The van der Waals surface area contributed by atoms with E-state index in [-0.39, 0.29) is 18.4 Å². The van der Waals surface area contributed by atoms with Crippen LogP contribution in [0.1, 0.15) is 31.2 Å². The highest BCUT2D eigenvalue weighted by Gasteiger charge is 2.22. The van der Waals surface area contributed by atoms with Crippen LogP contribution in [-0.2, 0) is 16.1 Å². The van der Waals surface area contributed by atoms with E-state index in [2.05, 4.69) is 5.32 Å². The number of hydrogen-bond donors (Lipinski definition) is 2. The van der Waals surface area contributed by atoms with E-state index in [1.54, 1.807) is 18.2 Å². The van der Waals surface area contributed by atoms with Gasteiger partial charge in [-0.1, -0.05) is 25.0 Å². The van der Waals surface area contributed by atoms with E-state index in [1.165, 1.54) is 0 Å². The summed E-state index contributed by atoms with van der Waals surface area (Å²) in [6, 6.07) is 7.11. The highest BCUT2D eigenvalue weighted by Crippen LogP contribution is 2.24. The highest BCUT2D eigenvalue weighted by atomic mass is 16.5. The lowest BCUT2D eigenvalue weighted by atomic mass is 10.1. The van der Waals surface area contributed by atoms with Gasteiger partial charge in [0.05, 0.1) is 0 Å². The van der Waals surface area contributed by atoms with E-state index < -0.39 is 5.97 Å². The molecule has 5 heteroatoms. The summed E-state index contributed by atoms with van der Waals surface area (Å²) in [5.41, 5.74) is 0.902. The monoisotopic (exact) mass is 277 g/mol. The van der Waals surface area contributed by atoms with E-state index in [0.29, 0.717) is 12.3 Å². The van der Waals surface area contributed by atoms with Gasteiger partial charge in [-0.3, -0.25) is 4.79 Å². The minimum absolute atomic E-state index is 0.111. The largest absolute Gasteiger partial charge is 0.482 e. The van der Waals surface area contributed by atoms with Crippen LogP contribution in [0.25, 0.3) is 0 Å². The highest BCUT2D eigenvalue weighted by molar-refractivity contribution is 5.78. The summed E-state index contributed by atoms with van der Waals surface area (Å²) in [4.78, 5) is 22.3. The molecule has 0 heterocycles. The van der Waals surface area contributed by atoms with Crippen LogP contribution in [0.5, 0.6) is 5.75 Å². The van der Waals surface area contributed by atoms with Crippen molar-refractivity contribution in [3.63, 3.8) is 0 Å². The molecule has 1 saturated carbocycles. The lowest BCUT2D eigenvalue weighted by Crippen LogP contribution is -2.28. The number of nitrogens with one attached hydrogen (secondary N) is 1. The van der Waals surface area contributed by atoms with Crippen molar-refractivity contribution >= 4 is 11.9 Å². The van der Waals surface area contributed by atoms with Crippen molar-refractivity contribution in [1.82, 2.24) is 5.32 Å². The normalized spacial score (nSPS) is 15.0. The molecule has 108 valence electrons. The molecular weight excluding hydrogens is 258 g/mol. The van der Waals surface area contributed by atoms with Crippen LogP contribution in [0.3, 0.4) is 0 Å². The lowest BCUT2D eigenvalue weighted by Gasteiger charge is -2.11. The first-order valence-electron chi connectivity index (χ1n) is 6.86. The van der Waals surface area contributed by atoms with Crippen molar-refractivity contribution in [3.05, 3.63) is 29.8 Å². The van der Waals surface area contributed by atoms with E-state index >= 15 is 0 Å². The average Bonchev–Trinajstić information content (AvgIpc) is 2.97. The number of amides is 1. The van der Waals surface area contributed by atoms with Crippen LogP contribution < -0.4 is 10.1 Å². The Kier molecular flexibility index (Phi) is 4.98. The fourth-order valence-electron chi connectivity index (χ4n) is 2.41. The SMILES string of the molecule is O=C(O)COc1cccc(CNC(=O)C2CCCC2)c1. The fraction of sp³-hybridized carbons (Fsp3) is 0.467. The molecule has 0 aliphatic heterocycles. The molecule has 1 fully saturated rings. The molecule has 0 aromatic heterocycles. The molecule has 5 nitrogen and oxygen atoms in total. The number of ether oxygens (including phenoxy) is 1. The zero-order chi connectivity index (χ0) is 14.4. The summed E-state index contributed by atoms with van der Waals surface area (Å²) < 4.78 is 5.10. The molecule has 1 aromatic carbocycles. The number of carboxylic acids is 1. The van der Waals surface area contributed by atoms with E-state index in [9.17, 15) is 9.59 Å². The van der Waals surface area contributed by atoms with Crippen LogP contribution in [0.4, 0.5) is 0 Å². The second-order valence-electron chi connectivity index (χ2n) is 5.03. The molecular formula is C15H19NO4. The van der Waals surface area contributed by atoms with Gasteiger partial charge in [-0.15, -0.1) is 0 Å². The van der Waals surface area contributed by atoms with Crippen molar-refractivity contribution in [3.8, 4) is 5.75 Å². The Bertz CT molecular complexity index is 481. The Balaban J connectivity index is 1.84. The molecule has 0 atom stereocenters. The number of carbonyl (C=O) groups is 2. The number of hydrogen-bond acceptors (Lipinski definition) is 3. The number of carbonyl (C=O) groups excluding carboxylic acids is 1. The van der Waals surface area contributed by atoms with Gasteiger partial charge in [-0.2, -0.15) is 0 Å². The second-order valence-corrected chi connectivity index (χ2v) is 5.03. The standard InChI is InChI=1S/C15H19NO4/c17-14(18)10-20-13-7-3-4-11(8-13)9-16-15(19)12-5-1-2-6-12/h3-4,7-8,12H,1-2,5-6,9-10H2,(H,16,19)(H,17,18). The Morgan fingerprint density at radius 2 is 2.05 bits per heavy atom. The predicted molar refractivity (Wildman–Crippen MR) is 73.4 cm³/mol. The molecule has 1 aliphatic carbocycles. The third-order valence-corrected chi connectivity index (χ3v) is 3.45. The maximum absolute atomic E-state index is 11.9. The number of rotatable bonds is 6. The van der Waals surface area contributed by atoms with E-state index in [0.717, 1.165) is 31.2 Å². The van der Waals surface area contributed by atoms with Crippen LogP contribution in [0, 0.1) is 5.92 Å². The number of benzene rings is 1.